The molecule has 0 saturated carbocycles. The fourth-order valence-electron chi connectivity index (χ4n) is 3.87. The number of benzene rings is 1. The summed E-state index contributed by atoms with van der Waals surface area (Å²) < 4.78 is 11.8. The average molecular weight is 446 g/mol. The van der Waals surface area contributed by atoms with Gasteiger partial charge in [-0.25, -0.2) is 0 Å². The first kappa shape index (κ1) is 20.0. The summed E-state index contributed by atoms with van der Waals surface area (Å²) in [6.45, 7) is 0.473. The Morgan fingerprint density at radius 1 is 1.09 bits per heavy atom. The molecule has 1 aromatic carbocycles. The molecule has 1 fully saturated rings. The van der Waals surface area contributed by atoms with Gasteiger partial charge in [0.05, 0.1) is 29.5 Å². The zero-order valence-electron chi connectivity index (χ0n) is 16.8. The summed E-state index contributed by atoms with van der Waals surface area (Å²) in [6, 6.07) is 19.1. The van der Waals surface area contributed by atoms with Crippen LogP contribution in [-0.2, 0) is 6.54 Å². The maximum atomic E-state index is 10.9. The normalized spacial score (nSPS) is 18.0. The summed E-state index contributed by atoms with van der Waals surface area (Å²) >= 11 is 5.65. The van der Waals surface area contributed by atoms with Crippen LogP contribution in [0, 0.1) is 10.1 Å². The van der Waals surface area contributed by atoms with Crippen LogP contribution < -0.4 is 5.32 Å². The predicted octanol–water partition coefficient (Wildman–Crippen LogP) is 5.02. The number of hydrogen-bond acceptors (Lipinski definition) is 6. The van der Waals surface area contributed by atoms with Gasteiger partial charge in [0.15, 0.2) is 5.11 Å². The monoisotopic (exact) mass is 446 g/mol. The second kappa shape index (κ2) is 8.27. The molecule has 4 aromatic rings. The summed E-state index contributed by atoms with van der Waals surface area (Å²) in [5.74, 6) is 2.10. The van der Waals surface area contributed by atoms with Crippen molar-refractivity contribution in [3.63, 3.8) is 0 Å². The van der Waals surface area contributed by atoms with Gasteiger partial charge in [-0.15, -0.1) is 0 Å². The Hall–Kier alpha value is -3.98. The van der Waals surface area contributed by atoms with E-state index in [1.54, 1.807) is 24.6 Å². The molecular formula is C23H18N4O4S. The van der Waals surface area contributed by atoms with Crippen molar-refractivity contribution in [2.24, 2.45) is 0 Å². The number of nitro groups is 1. The number of thiocarbonyl (C=S) groups is 1. The highest BCUT2D eigenvalue weighted by atomic mass is 32.1. The van der Waals surface area contributed by atoms with Crippen molar-refractivity contribution in [1.29, 1.82) is 0 Å². The highest BCUT2D eigenvalue weighted by Gasteiger charge is 2.42. The molecule has 2 atom stereocenters. The first-order valence-electron chi connectivity index (χ1n) is 9.95. The summed E-state index contributed by atoms with van der Waals surface area (Å²) in [7, 11) is 0. The van der Waals surface area contributed by atoms with E-state index in [-0.39, 0.29) is 17.8 Å². The molecule has 5 rings (SSSR count). The molecule has 32 heavy (non-hydrogen) atoms. The Kier molecular flexibility index (Phi) is 5.16. The number of aromatic nitrogens is 1. The second-order valence-electron chi connectivity index (χ2n) is 7.34. The molecule has 0 radical (unpaired) electrons. The predicted molar refractivity (Wildman–Crippen MR) is 121 cm³/mol. The fraction of sp³-hybridized carbons (Fsp3) is 0.130. The molecule has 9 heteroatoms. The summed E-state index contributed by atoms with van der Waals surface area (Å²) in [5.41, 5.74) is 1.63. The molecule has 1 saturated heterocycles. The first-order chi connectivity index (χ1) is 15.6. The largest absolute Gasteiger partial charge is 0.467 e. The second-order valence-corrected chi connectivity index (χ2v) is 7.73. The van der Waals surface area contributed by atoms with Gasteiger partial charge in [0.25, 0.3) is 5.69 Å². The van der Waals surface area contributed by atoms with E-state index in [4.69, 9.17) is 21.1 Å². The molecule has 0 unspecified atom stereocenters. The maximum Gasteiger partial charge on any atom is 0.269 e. The number of non-ortho nitro benzene ring substituents is 1. The van der Waals surface area contributed by atoms with Crippen molar-refractivity contribution >= 4 is 23.0 Å². The third-order valence-corrected chi connectivity index (χ3v) is 5.74. The zero-order valence-corrected chi connectivity index (χ0v) is 17.6. The van der Waals surface area contributed by atoms with E-state index in [9.17, 15) is 10.1 Å². The van der Waals surface area contributed by atoms with Crippen LogP contribution >= 0.6 is 12.2 Å². The smallest absolute Gasteiger partial charge is 0.269 e. The summed E-state index contributed by atoms with van der Waals surface area (Å²) in [6.07, 6.45) is 3.38. The number of furan rings is 2. The minimum atomic E-state index is -0.424. The van der Waals surface area contributed by atoms with Crippen LogP contribution in [0.3, 0.4) is 0 Å². The van der Waals surface area contributed by atoms with E-state index < -0.39 is 4.92 Å². The highest BCUT2D eigenvalue weighted by molar-refractivity contribution is 7.80. The molecule has 1 N–H and O–H groups in total. The summed E-state index contributed by atoms with van der Waals surface area (Å²) in [5, 5.41) is 14.9. The molecule has 160 valence electrons. The third kappa shape index (κ3) is 3.74. The lowest BCUT2D eigenvalue weighted by atomic mass is 10.0. The molecule has 4 heterocycles. The van der Waals surface area contributed by atoms with Crippen molar-refractivity contribution in [2.45, 2.75) is 18.6 Å². The Balaban J connectivity index is 1.51. The molecule has 0 spiro atoms. The molecule has 0 amide bonds. The first-order valence-corrected chi connectivity index (χ1v) is 10.4. The van der Waals surface area contributed by atoms with Gasteiger partial charge < -0.3 is 19.1 Å². The summed E-state index contributed by atoms with van der Waals surface area (Å²) in [4.78, 5) is 17.1. The van der Waals surface area contributed by atoms with Gasteiger partial charge in [0.1, 0.15) is 23.3 Å². The van der Waals surface area contributed by atoms with E-state index >= 15 is 0 Å². The van der Waals surface area contributed by atoms with Gasteiger partial charge in [-0.3, -0.25) is 15.1 Å². The Morgan fingerprint density at radius 2 is 1.94 bits per heavy atom. The van der Waals surface area contributed by atoms with E-state index in [1.807, 2.05) is 47.4 Å². The van der Waals surface area contributed by atoms with Crippen molar-refractivity contribution < 1.29 is 13.8 Å². The van der Waals surface area contributed by atoms with Gasteiger partial charge in [-0.1, -0.05) is 6.07 Å². The van der Waals surface area contributed by atoms with Crippen LogP contribution in [0.25, 0.3) is 11.3 Å². The van der Waals surface area contributed by atoms with Crippen molar-refractivity contribution in [3.05, 3.63) is 107 Å². The number of nitrogens with one attached hydrogen (secondary N) is 1. The molecule has 0 aliphatic carbocycles. The number of rotatable bonds is 6. The molecule has 0 bridgehead atoms. The molecule has 1 aliphatic heterocycles. The van der Waals surface area contributed by atoms with E-state index in [1.165, 1.54) is 12.1 Å². The van der Waals surface area contributed by atoms with E-state index in [0.717, 1.165) is 17.0 Å². The quantitative estimate of drug-likeness (QED) is 0.251. The lowest BCUT2D eigenvalue weighted by molar-refractivity contribution is -0.384. The SMILES string of the molecule is O=[N+]([O-])c1ccc(-c2ccc([C@H]3[C@@H](c4ccccn4)NC(=S)N3Cc3ccco3)o2)cc1. The van der Waals surface area contributed by atoms with Gasteiger partial charge >= 0.3 is 0 Å². The van der Waals surface area contributed by atoms with Crippen LogP contribution in [-0.4, -0.2) is 19.9 Å². The van der Waals surface area contributed by atoms with Gasteiger partial charge in [-0.05, 0) is 60.7 Å². The van der Waals surface area contributed by atoms with Gasteiger partial charge in [0.2, 0.25) is 0 Å². The molecule has 1 aliphatic rings. The number of nitro benzene ring substituents is 1. The van der Waals surface area contributed by atoms with Gasteiger partial charge in [-0.2, -0.15) is 0 Å². The minimum absolute atomic E-state index is 0.0331. The van der Waals surface area contributed by atoms with Crippen LogP contribution in [0.2, 0.25) is 0 Å². The molecular weight excluding hydrogens is 428 g/mol. The van der Waals surface area contributed by atoms with E-state index in [0.29, 0.717) is 23.2 Å². The van der Waals surface area contributed by atoms with Gasteiger partial charge in [0, 0.05) is 23.9 Å². The van der Waals surface area contributed by atoms with Crippen molar-refractivity contribution in [3.8, 4) is 11.3 Å². The molecule has 8 nitrogen and oxygen atoms in total. The Bertz CT molecular complexity index is 1240. The minimum Gasteiger partial charge on any atom is -0.467 e. The lowest BCUT2D eigenvalue weighted by Crippen LogP contribution is -2.28. The lowest BCUT2D eigenvalue weighted by Gasteiger charge is -2.25. The zero-order chi connectivity index (χ0) is 22.1. The highest BCUT2D eigenvalue weighted by Crippen LogP contribution is 2.41. The van der Waals surface area contributed by atoms with E-state index in [2.05, 4.69) is 10.3 Å². The number of nitrogens with zero attached hydrogens (tertiary/aromatic N) is 3. The van der Waals surface area contributed by atoms with Crippen molar-refractivity contribution in [2.75, 3.05) is 0 Å². The Morgan fingerprint density at radius 3 is 2.62 bits per heavy atom. The fourth-order valence-corrected chi connectivity index (χ4v) is 4.17. The average Bonchev–Trinajstić information content (AvgIpc) is 3.56. The van der Waals surface area contributed by atoms with Crippen LogP contribution in [0.4, 0.5) is 5.69 Å². The Labute approximate surface area is 188 Å². The van der Waals surface area contributed by atoms with Crippen LogP contribution in [0.5, 0.6) is 0 Å². The number of hydrogen-bond donors (Lipinski definition) is 1. The number of pyridine rings is 1. The maximum absolute atomic E-state index is 10.9. The molecule has 3 aromatic heterocycles. The van der Waals surface area contributed by atoms with Crippen molar-refractivity contribution in [1.82, 2.24) is 15.2 Å². The topological polar surface area (TPSA) is 97.6 Å². The van der Waals surface area contributed by atoms with Crippen LogP contribution in [0.1, 0.15) is 29.3 Å². The van der Waals surface area contributed by atoms with Crippen LogP contribution in [0.15, 0.2) is 88.0 Å². The third-order valence-electron chi connectivity index (χ3n) is 5.38. The standard InChI is InChI=1S/C23H18N4O4S/c28-27(29)16-8-6-15(7-9-16)19-10-11-20(31-19)22-21(18-5-1-2-12-24-18)25-23(32)26(22)14-17-4-3-13-30-17/h1-13,21-22H,14H2,(H,25,32)/t21-,22+/m1/s1.